The largest absolute Gasteiger partial charge is 0.496 e. The van der Waals surface area contributed by atoms with Crippen LogP contribution < -0.4 is 10.1 Å². The molecule has 2 fully saturated rings. The number of nitrogens with one attached hydrogen (secondary N) is 1. The molecule has 1 N–H and O–H groups in total. The molecule has 114 valence electrons. The maximum atomic E-state index is 12.8. The Morgan fingerprint density at radius 3 is 2.62 bits per heavy atom. The lowest BCUT2D eigenvalue weighted by atomic mass is 10.1. The van der Waals surface area contributed by atoms with E-state index in [1.807, 2.05) is 0 Å². The molecule has 4 nitrogen and oxygen atoms in total. The summed E-state index contributed by atoms with van der Waals surface area (Å²) in [5.41, 5.74) is -0.266. The fourth-order valence-electron chi connectivity index (χ4n) is 2.77. The Bertz CT molecular complexity index is 570. The fraction of sp³-hybridized carbons (Fsp3) is 0.500. The molecule has 1 spiro atoms. The van der Waals surface area contributed by atoms with Crippen LogP contribution >= 0.6 is 0 Å². The summed E-state index contributed by atoms with van der Waals surface area (Å²) in [6, 6.07) is 6.80. The van der Waals surface area contributed by atoms with Gasteiger partial charge in [0.05, 0.1) is 7.11 Å². The van der Waals surface area contributed by atoms with Crippen LogP contribution in [0, 0.1) is 0 Å². The van der Waals surface area contributed by atoms with Crippen LogP contribution in [-0.2, 0) is 4.79 Å². The molecule has 1 atom stereocenters. The number of nitrogens with zero attached hydrogens (tertiary/aromatic N) is 1. The lowest BCUT2D eigenvalue weighted by Crippen LogP contribution is -2.39. The molecule has 1 aromatic carbocycles. The Labute approximate surface area is 119 Å². The molecule has 7 heteroatoms. The maximum Gasteiger partial charge on any atom is 0.406 e. The predicted octanol–water partition coefficient (Wildman–Crippen LogP) is 2.22. The number of carbonyl (C=O) groups is 1. The highest BCUT2D eigenvalue weighted by Crippen LogP contribution is 2.47. The summed E-state index contributed by atoms with van der Waals surface area (Å²) in [5.74, 6) is -0.0107. The van der Waals surface area contributed by atoms with Crippen molar-refractivity contribution in [1.29, 1.82) is 0 Å². The highest BCUT2D eigenvalue weighted by atomic mass is 19.4. The number of carbonyl (C=O) groups excluding carboxylic acids is 1. The van der Waals surface area contributed by atoms with Crippen LogP contribution in [0.2, 0.25) is 0 Å². The van der Waals surface area contributed by atoms with Gasteiger partial charge in [-0.25, -0.2) is 0 Å². The first-order valence-electron chi connectivity index (χ1n) is 6.65. The molecule has 1 aliphatic heterocycles. The summed E-state index contributed by atoms with van der Waals surface area (Å²) in [6.07, 6.45) is -4.09. The van der Waals surface area contributed by atoms with E-state index in [-0.39, 0.29) is 0 Å². The zero-order valence-corrected chi connectivity index (χ0v) is 11.4. The molecule has 0 bridgehead atoms. The monoisotopic (exact) mass is 300 g/mol. The topological polar surface area (TPSA) is 41.6 Å². The average Bonchev–Trinajstić information content (AvgIpc) is 3.17. The van der Waals surface area contributed by atoms with Crippen molar-refractivity contribution in [3.8, 4) is 5.75 Å². The number of benzene rings is 1. The number of amides is 1. The first-order valence-corrected chi connectivity index (χ1v) is 6.65. The molecule has 1 aliphatic carbocycles. The van der Waals surface area contributed by atoms with E-state index in [2.05, 4.69) is 5.32 Å². The van der Waals surface area contributed by atoms with Gasteiger partial charge in [0.1, 0.15) is 24.0 Å². The minimum absolute atomic E-state index is 0.465. The van der Waals surface area contributed by atoms with Crippen LogP contribution in [-0.4, -0.2) is 36.2 Å². The van der Waals surface area contributed by atoms with Crippen molar-refractivity contribution in [3.63, 3.8) is 0 Å². The van der Waals surface area contributed by atoms with Gasteiger partial charge < -0.3 is 9.64 Å². The number of para-hydroxylation sites is 1. The van der Waals surface area contributed by atoms with Gasteiger partial charge in [0.2, 0.25) is 5.91 Å². The minimum Gasteiger partial charge on any atom is -0.496 e. The van der Waals surface area contributed by atoms with Crippen molar-refractivity contribution in [2.24, 2.45) is 0 Å². The normalized spacial score (nSPS) is 23.7. The van der Waals surface area contributed by atoms with Crippen molar-refractivity contribution in [2.75, 3.05) is 13.7 Å². The summed E-state index contributed by atoms with van der Waals surface area (Å²) < 4.78 is 43.5. The van der Waals surface area contributed by atoms with Crippen molar-refractivity contribution < 1.29 is 22.7 Å². The Kier molecular flexibility index (Phi) is 3.12. The Morgan fingerprint density at radius 1 is 1.38 bits per heavy atom. The van der Waals surface area contributed by atoms with Crippen LogP contribution in [0.25, 0.3) is 0 Å². The van der Waals surface area contributed by atoms with Gasteiger partial charge in [0.25, 0.3) is 0 Å². The number of hydrogen-bond acceptors (Lipinski definition) is 3. The van der Waals surface area contributed by atoms with Gasteiger partial charge in [-0.15, -0.1) is 0 Å². The molecule has 21 heavy (non-hydrogen) atoms. The molecule has 3 rings (SSSR count). The van der Waals surface area contributed by atoms with Gasteiger partial charge in [-0.3, -0.25) is 10.1 Å². The highest BCUT2D eigenvalue weighted by Gasteiger charge is 2.61. The molecule has 1 amide bonds. The molecule has 1 saturated heterocycles. The summed E-state index contributed by atoms with van der Waals surface area (Å²) in [5, 5.41) is 3.05. The van der Waals surface area contributed by atoms with E-state index >= 15 is 0 Å². The van der Waals surface area contributed by atoms with E-state index in [1.54, 1.807) is 24.3 Å². The van der Waals surface area contributed by atoms with Gasteiger partial charge in [-0.05, 0) is 18.9 Å². The van der Waals surface area contributed by atoms with Gasteiger partial charge in [0, 0.05) is 5.56 Å². The Balaban J connectivity index is 1.97. The predicted molar refractivity (Wildman–Crippen MR) is 68.6 cm³/mol. The average molecular weight is 300 g/mol. The molecule has 1 aromatic rings. The minimum atomic E-state index is -4.43. The van der Waals surface area contributed by atoms with E-state index in [1.165, 1.54) is 7.11 Å². The van der Waals surface area contributed by atoms with Gasteiger partial charge >= 0.3 is 6.18 Å². The van der Waals surface area contributed by atoms with E-state index in [0.29, 0.717) is 24.2 Å². The summed E-state index contributed by atoms with van der Waals surface area (Å²) in [6.45, 7) is -1.26. The van der Waals surface area contributed by atoms with E-state index < -0.39 is 30.3 Å². The molecule has 0 radical (unpaired) electrons. The second-order valence-corrected chi connectivity index (χ2v) is 5.42. The number of ether oxygens (including phenoxy) is 1. The lowest BCUT2D eigenvalue weighted by molar-refractivity contribution is -0.162. The lowest BCUT2D eigenvalue weighted by Gasteiger charge is -2.26. The van der Waals surface area contributed by atoms with Crippen LogP contribution in [0.5, 0.6) is 5.75 Å². The third-order valence-electron chi connectivity index (χ3n) is 3.93. The second kappa shape index (κ2) is 4.62. The smallest absolute Gasteiger partial charge is 0.406 e. The van der Waals surface area contributed by atoms with Gasteiger partial charge in [0.15, 0.2) is 0 Å². The molecule has 0 aromatic heterocycles. The Morgan fingerprint density at radius 2 is 2.05 bits per heavy atom. The van der Waals surface area contributed by atoms with E-state index in [0.717, 1.165) is 4.90 Å². The quantitative estimate of drug-likeness (QED) is 0.930. The summed E-state index contributed by atoms with van der Waals surface area (Å²) in [7, 11) is 1.45. The van der Waals surface area contributed by atoms with E-state index in [9.17, 15) is 18.0 Å². The van der Waals surface area contributed by atoms with Crippen molar-refractivity contribution in [2.45, 2.75) is 30.7 Å². The highest BCUT2D eigenvalue weighted by molar-refractivity contribution is 5.92. The number of halogens is 3. The molecular formula is C14H15F3N2O2. The first-order chi connectivity index (χ1) is 9.86. The molecule has 1 unspecified atom stereocenters. The number of methoxy groups -OCH3 is 1. The number of rotatable bonds is 3. The molecule has 2 aliphatic rings. The fourth-order valence-corrected chi connectivity index (χ4v) is 2.77. The first kappa shape index (κ1) is 14.2. The molecule has 1 heterocycles. The van der Waals surface area contributed by atoms with Crippen molar-refractivity contribution >= 4 is 5.91 Å². The summed E-state index contributed by atoms with van der Waals surface area (Å²) in [4.78, 5) is 13.1. The number of hydrogen-bond donors (Lipinski definition) is 1. The van der Waals surface area contributed by atoms with Gasteiger partial charge in [-0.1, -0.05) is 18.2 Å². The summed E-state index contributed by atoms with van der Waals surface area (Å²) >= 11 is 0. The third-order valence-corrected chi connectivity index (χ3v) is 3.93. The van der Waals surface area contributed by atoms with Gasteiger partial charge in [-0.2, -0.15) is 13.2 Å². The number of alkyl halides is 3. The van der Waals surface area contributed by atoms with Crippen LogP contribution in [0.3, 0.4) is 0 Å². The SMILES string of the molecule is COc1ccccc1C1NC2(CC2)C(=O)N1CC(F)(F)F. The molecule has 1 saturated carbocycles. The zero-order valence-electron chi connectivity index (χ0n) is 11.4. The standard InChI is InChI=1S/C14H15F3N2O2/c1-21-10-5-3-2-4-9(10)11-18-13(6-7-13)12(20)19(11)8-14(15,16)17/h2-5,11,18H,6-8H2,1H3. The van der Waals surface area contributed by atoms with Crippen LogP contribution in [0.15, 0.2) is 24.3 Å². The maximum absolute atomic E-state index is 12.8. The molecular weight excluding hydrogens is 285 g/mol. The van der Waals surface area contributed by atoms with E-state index in [4.69, 9.17) is 4.74 Å². The van der Waals surface area contributed by atoms with Crippen LogP contribution in [0.1, 0.15) is 24.6 Å². The Hall–Kier alpha value is -1.76. The zero-order chi connectivity index (χ0) is 15.3. The van der Waals surface area contributed by atoms with Crippen molar-refractivity contribution in [3.05, 3.63) is 29.8 Å². The van der Waals surface area contributed by atoms with Crippen molar-refractivity contribution in [1.82, 2.24) is 10.2 Å². The third kappa shape index (κ3) is 2.46. The van der Waals surface area contributed by atoms with Crippen LogP contribution in [0.4, 0.5) is 13.2 Å². The second-order valence-electron chi connectivity index (χ2n) is 5.42.